The van der Waals surface area contributed by atoms with Crippen LogP contribution in [0.4, 0.5) is 0 Å². The highest BCUT2D eigenvalue weighted by Gasteiger charge is 2.80. The molecular weight excluding hydrogens is 96.1 g/mol. The summed E-state index contributed by atoms with van der Waals surface area (Å²) in [5.74, 6) is 1.05. The maximum atomic E-state index is 2.45. The van der Waals surface area contributed by atoms with Crippen molar-refractivity contribution in [2.45, 2.75) is 12.8 Å². The SMILES string of the molecule is C1=C2CCC23C2=C1C23. The first-order valence-electron chi connectivity index (χ1n) is 3.40. The van der Waals surface area contributed by atoms with Crippen molar-refractivity contribution in [3.05, 3.63) is 22.8 Å². The van der Waals surface area contributed by atoms with Crippen LogP contribution in [0.25, 0.3) is 0 Å². The zero-order valence-electron chi connectivity index (χ0n) is 4.57. The van der Waals surface area contributed by atoms with Crippen LogP contribution in [0.15, 0.2) is 22.8 Å². The third-order valence-corrected chi connectivity index (χ3v) is 3.41. The van der Waals surface area contributed by atoms with Crippen molar-refractivity contribution in [2.75, 3.05) is 0 Å². The predicted octanol–water partition coefficient (Wildman–Crippen LogP) is 1.65. The maximum Gasteiger partial charge on any atom is 0.0246 e. The van der Waals surface area contributed by atoms with Crippen molar-refractivity contribution in [2.24, 2.45) is 11.3 Å². The summed E-state index contributed by atoms with van der Waals surface area (Å²) < 4.78 is 0. The van der Waals surface area contributed by atoms with Gasteiger partial charge in [0.05, 0.1) is 0 Å². The predicted molar refractivity (Wildman–Crippen MR) is 30.3 cm³/mol. The third-order valence-electron chi connectivity index (χ3n) is 3.41. The maximum absolute atomic E-state index is 2.45. The minimum atomic E-state index is 0.801. The molecule has 5 aliphatic rings. The van der Waals surface area contributed by atoms with Gasteiger partial charge < -0.3 is 0 Å². The summed E-state index contributed by atoms with van der Waals surface area (Å²) in [6, 6.07) is 0. The van der Waals surface area contributed by atoms with Gasteiger partial charge in [0.15, 0.2) is 0 Å². The van der Waals surface area contributed by atoms with Gasteiger partial charge >= 0.3 is 0 Å². The summed E-state index contributed by atoms with van der Waals surface area (Å²) in [7, 11) is 0. The summed E-state index contributed by atoms with van der Waals surface area (Å²) in [6.45, 7) is 0. The Kier molecular flexibility index (Phi) is 0.166. The van der Waals surface area contributed by atoms with E-state index in [-0.39, 0.29) is 0 Å². The van der Waals surface area contributed by atoms with E-state index >= 15 is 0 Å². The molecule has 2 bridgehead atoms. The van der Waals surface area contributed by atoms with E-state index in [1.165, 1.54) is 12.8 Å². The quantitative estimate of drug-likeness (QED) is 0.436. The van der Waals surface area contributed by atoms with Crippen molar-refractivity contribution in [3.8, 4) is 0 Å². The first-order valence-corrected chi connectivity index (χ1v) is 3.40. The van der Waals surface area contributed by atoms with Crippen molar-refractivity contribution < 1.29 is 0 Å². The lowest BCUT2D eigenvalue weighted by molar-refractivity contribution is 0.417. The van der Waals surface area contributed by atoms with Gasteiger partial charge in [-0.1, -0.05) is 11.6 Å². The lowest BCUT2D eigenvalue weighted by Gasteiger charge is -2.28. The molecule has 0 amide bonds. The number of rotatable bonds is 0. The molecule has 0 heteroatoms. The van der Waals surface area contributed by atoms with E-state index in [4.69, 9.17) is 0 Å². The summed E-state index contributed by atoms with van der Waals surface area (Å²) in [5.41, 5.74) is 6.17. The average Bonchev–Trinajstić information content (AvgIpc) is 2.42. The van der Waals surface area contributed by atoms with Gasteiger partial charge in [0.25, 0.3) is 0 Å². The van der Waals surface area contributed by atoms with Crippen LogP contribution < -0.4 is 0 Å². The Morgan fingerprint density at radius 1 is 1.62 bits per heavy atom. The molecule has 5 rings (SSSR count). The Bertz CT molecular complexity index is 280. The van der Waals surface area contributed by atoms with Gasteiger partial charge in [0, 0.05) is 11.3 Å². The summed E-state index contributed by atoms with van der Waals surface area (Å²) in [5, 5.41) is 0. The minimum absolute atomic E-state index is 0.801. The summed E-state index contributed by atoms with van der Waals surface area (Å²) >= 11 is 0. The Hall–Kier alpha value is -0.520. The Labute approximate surface area is 47.9 Å². The fourth-order valence-corrected chi connectivity index (χ4v) is 2.79. The fraction of sp³-hybridized carbons (Fsp3) is 0.500. The topological polar surface area (TPSA) is 0 Å². The molecule has 0 N–H and O–H groups in total. The molecule has 0 aromatic heterocycles. The highest BCUT2D eigenvalue weighted by atomic mass is 14.8. The second-order valence-electron chi connectivity index (χ2n) is 3.44. The van der Waals surface area contributed by atoms with Crippen LogP contribution in [0.2, 0.25) is 0 Å². The average molecular weight is 102 g/mol. The standard InChI is InChI=1S/C8H6/c1-2-8-4(1)3-5-6(8)7(5)8/h3,6H,1-2H2. The van der Waals surface area contributed by atoms with Crippen LogP contribution in [-0.4, -0.2) is 0 Å². The highest BCUT2D eigenvalue weighted by Crippen LogP contribution is 2.90. The second kappa shape index (κ2) is 0.464. The molecule has 0 aliphatic heterocycles. The molecule has 38 valence electrons. The largest absolute Gasteiger partial charge is 0.0586 e. The molecule has 2 saturated carbocycles. The van der Waals surface area contributed by atoms with E-state index in [2.05, 4.69) is 6.08 Å². The van der Waals surface area contributed by atoms with Gasteiger partial charge in [-0.3, -0.25) is 0 Å². The number of hydrogen-bond donors (Lipinski definition) is 0. The molecule has 0 nitrogen and oxygen atoms in total. The highest BCUT2D eigenvalue weighted by molar-refractivity contribution is 5.83. The molecule has 0 saturated heterocycles. The first kappa shape index (κ1) is 2.86. The van der Waals surface area contributed by atoms with E-state index in [1.807, 2.05) is 5.57 Å². The van der Waals surface area contributed by atoms with Crippen molar-refractivity contribution in [1.29, 1.82) is 0 Å². The smallest absolute Gasteiger partial charge is 0.0246 e. The Balaban J connectivity index is 2.23. The number of hydrogen-bond acceptors (Lipinski definition) is 0. The Morgan fingerprint density at radius 2 is 2.50 bits per heavy atom. The summed E-state index contributed by atoms with van der Waals surface area (Å²) in [6.07, 6.45) is 5.37. The molecule has 2 atom stereocenters. The van der Waals surface area contributed by atoms with Crippen LogP contribution in [0.1, 0.15) is 12.8 Å². The minimum Gasteiger partial charge on any atom is -0.0586 e. The fourth-order valence-electron chi connectivity index (χ4n) is 2.79. The van der Waals surface area contributed by atoms with E-state index in [9.17, 15) is 0 Å². The van der Waals surface area contributed by atoms with Crippen molar-refractivity contribution in [1.82, 2.24) is 0 Å². The van der Waals surface area contributed by atoms with Crippen LogP contribution >= 0.6 is 0 Å². The van der Waals surface area contributed by atoms with E-state index in [1.54, 1.807) is 11.1 Å². The van der Waals surface area contributed by atoms with Gasteiger partial charge in [-0.25, -0.2) is 0 Å². The van der Waals surface area contributed by atoms with Gasteiger partial charge in [0.1, 0.15) is 0 Å². The number of allylic oxidation sites excluding steroid dienone is 4. The molecule has 0 aromatic carbocycles. The van der Waals surface area contributed by atoms with Gasteiger partial charge in [-0.15, -0.1) is 0 Å². The zero-order chi connectivity index (χ0) is 4.93. The molecule has 1 spiro atoms. The molecule has 2 unspecified atom stereocenters. The molecule has 0 aromatic rings. The van der Waals surface area contributed by atoms with Gasteiger partial charge in [-0.05, 0) is 24.0 Å². The monoisotopic (exact) mass is 102 g/mol. The van der Waals surface area contributed by atoms with Crippen LogP contribution in [0, 0.1) is 11.3 Å². The third kappa shape index (κ3) is 0.0874. The van der Waals surface area contributed by atoms with Crippen LogP contribution in [0.5, 0.6) is 0 Å². The van der Waals surface area contributed by atoms with E-state index in [0.717, 1.165) is 11.3 Å². The van der Waals surface area contributed by atoms with Gasteiger partial charge in [0.2, 0.25) is 0 Å². The lowest BCUT2D eigenvalue weighted by Crippen LogP contribution is -2.17. The zero-order valence-corrected chi connectivity index (χ0v) is 4.57. The first-order chi connectivity index (χ1) is 3.94. The molecule has 5 aliphatic carbocycles. The van der Waals surface area contributed by atoms with E-state index in [0.29, 0.717) is 0 Å². The van der Waals surface area contributed by atoms with Crippen molar-refractivity contribution >= 4 is 0 Å². The Morgan fingerprint density at radius 3 is 2.75 bits per heavy atom. The van der Waals surface area contributed by atoms with E-state index < -0.39 is 0 Å². The van der Waals surface area contributed by atoms with Crippen LogP contribution in [-0.2, 0) is 0 Å². The van der Waals surface area contributed by atoms with Crippen molar-refractivity contribution in [3.63, 3.8) is 0 Å². The van der Waals surface area contributed by atoms with Gasteiger partial charge in [-0.2, -0.15) is 0 Å². The normalized spacial score (nSPS) is 59.0. The molecular formula is C8H6. The second-order valence-corrected chi connectivity index (χ2v) is 3.44. The lowest BCUT2D eigenvalue weighted by atomic mass is 9.75. The molecule has 8 heavy (non-hydrogen) atoms. The van der Waals surface area contributed by atoms with Crippen LogP contribution in [0.3, 0.4) is 0 Å². The molecule has 2 fully saturated rings. The summed E-state index contributed by atoms with van der Waals surface area (Å²) in [4.78, 5) is 0. The molecule has 0 radical (unpaired) electrons. The molecule has 0 heterocycles.